The van der Waals surface area contributed by atoms with Crippen LogP contribution in [0.1, 0.15) is 58.8 Å². The molecule has 2 N–H and O–H groups in total. The Kier molecular flexibility index (Phi) is 5.13. The van der Waals surface area contributed by atoms with E-state index in [1.165, 1.54) is 32.1 Å². The Hall–Kier alpha value is -0.860. The average molecular weight is 316 g/mol. The van der Waals surface area contributed by atoms with Gasteiger partial charge in [0.2, 0.25) is 0 Å². The first kappa shape index (κ1) is 17.0. The standard InChI is InChI=1S/C21H32O2/c1-13(2)17-9-10-18-16(5-4-6-19(17)18)8-7-15-11-20(22)14(3)21(23)12-15/h7-8,13,17-23H,3-6,9-12H2,1-2H3/b16-8+/t17-,18+,19-,20-,21-/m1/s1. The first-order chi connectivity index (χ1) is 11.0. The van der Waals surface area contributed by atoms with E-state index in [1.807, 2.05) is 0 Å². The Morgan fingerprint density at radius 1 is 1.04 bits per heavy atom. The molecule has 3 saturated carbocycles. The maximum Gasteiger partial charge on any atom is 0.0809 e. The van der Waals surface area contributed by atoms with Crippen LogP contribution < -0.4 is 0 Å². The first-order valence-corrected chi connectivity index (χ1v) is 9.40. The van der Waals surface area contributed by atoms with Gasteiger partial charge in [0, 0.05) is 0 Å². The molecule has 0 aromatic carbocycles. The Morgan fingerprint density at radius 2 is 1.74 bits per heavy atom. The number of aliphatic hydroxyl groups excluding tert-OH is 2. The summed E-state index contributed by atoms with van der Waals surface area (Å²) >= 11 is 0. The SMILES string of the molecule is C=C1[C@H](O)CC(=C/C=C2\CCC[C@@H]3[C@@H](C(C)C)CC[C@@H]23)C[C@H]1O. The molecule has 0 spiro atoms. The number of fused-ring (bicyclic) bond motifs is 1. The van der Waals surface area contributed by atoms with Gasteiger partial charge in [-0.2, -0.15) is 0 Å². The lowest BCUT2D eigenvalue weighted by Crippen LogP contribution is -2.28. The minimum atomic E-state index is -0.584. The second-order valence-corrected chi connectivity index (χ2v) is 8.23. The van der Waals surface area contributed by atoms with Gasteiger partial charge in [-0.25, -0.2) is 0 Å². The number of aliphatic hydroxyl groups is 2. The second-order valence-electron chi connectivity index (χ2n) is 8.23. The molecule has 3 aliphatic rings. The zero-order valence-electron chi connectivity index (χ0n) is 14.7. The fourth-order valence-corrected chi connectivity index (χ4v) is 5.16. The molecule has 3 rings (SSSR count). The van der Waals surface area contributed by atoms with E-state index in [4.69, 9.17) is 0 Å². The molecule has 0 unspecified atom stereocenters. The predicted octanol–water partition coefficient (Wildman–Crippen LogP) is 4.39. The summed E-state index contributed by atoms with van der Waals surface area (Å²) in [5, 5.41) is 20.0. The van der Waals surface area contributed by atoms with Crippen molar-refractivity contribution in [3.63, 3.8) is 0 Å². The highest BCUT2D eigenvalue weighted by molar-refractivity contribution is 5.28. The summed E-state index contributed by atoms with van der Waals surface area (Å²) in [7, 11) is 0. The summed E-state index contributed by atoms with van der Waals surface area (Å²) in [4.78, 5) is 0. The van der Waals surface area contributed by atoms with Gasteiger partial charge >= 0.3 is 0 Å². The third kappa shape index (κ3) is 3.49. The van der Waals surface area contributed by atoms with Gasteiger partial charge in [-0.1, -0.05) is 43.7 Å². The second kappa shape index (κ2) is 6.94. The Labute approximate surface area is 141 Å². The molecule has 2 nitrogen and oxygen atoms in total. The van der Waals surface area contributed by atoms with E-state index < -0.39 is 12.2 Å². The maximum atomic E-state index is 9.98. The Balaban J connectivity index is 1.72. The first-order valence-electron chi connectivity index (χ1n) is 9.40. The van der Waals surface area contributed by atoms with Gasteiger partial charge in [0.25, 0.3) is 0 Å². The molecule has 2 heteroatoms. The van der Waals surface area contributed by atoms with Crippen LogP contribution in [0.2, 0.25) is 0 Å². The van der Waals surface area contributed by atoms with E-state index in [2.05, 4.69) is 32.6 Å². The topological polar surface area (TPSA) is 40.5 Å². The molecule has 0 bridgehead atoms. The van der Waals surface area contributed by atoms with Crippen LogP contribution in [-0.4, -0.2) is 22.4 Å². The van der Waals surface area contributed by atoms with Gasteiger partial charge in [0.15, 0.2) is 0 Å². The highest BCUT2D eigenvalue weighted by Crippen LogP contribution is 2.50. The molecule has 0 radical (unpaired) electrons. The van der Waals surface area contributed by atoms with Gasteiger partial charge in [-0.3, -0.25) is 0 Å². The minimum Gasteiger partial charge on any atom is -0.388 e. The number of hydrogen-bond acceptors (Lipinski definition) is 2. The van der Waals surface area contributed by atoms with Crippen molar-refractivity contribution in [3.05, 3.63) is 35.5 Å². The van der Waals surface area contributed by atoms with Crippen molar-refractivity contribution < 1.29 is 10.2 Å². The fraction of sp³-hybridized carbons (Fsp3) is 0.714. The molecule has 0 amide bonds. The van der Waals surface area contributed by atoms with Gasteiger partial charge < -0.3 is 10.2 Å². The third-order valence-electron chi connectivity index (χ3n) is 6.51. The Morgan fingerprint density at radius 3 is 2.39 bits per heavy atom. The molecule has 0 aliphatic heterocycles. The summed E-state index contributed by atoms with van der Waals surface area (Å²) in [6.45, 7) is 8.55. The van der Waals surface area contributed by atoms with E-state index in [-0.39, 0.29) is 0 Å². The average Bonchev–Trinajstić information content (AvgIpc) is 2.95. The van der Waals surface area contributed by atoms with Crippen molar-refractivity contribution in [2.75, 3.05) is 0 Å². The van der Waals surface area contributed by atoms with E-state index in [0.717, 1.165) is 29.2 Å². The van der Waals surface area contributed by atoms with Gasteiger partial charge in [-0.15, -0.1) is 0 Å². The van der Waals surface area contributed by atoms with Crippen molar-refractivity contribution >= 4 is 0 Å². The highest BCUT2D eigenvalue weighted by Gasteiger charge is 2.40. The van der Waals surface area contributed by atoms with Crippen molar-refractivity contribution in [3.8, 4) is 0 Å². The summed E-state index contributed by atoms with van der Waals surface area (Å²) < 4.78 is 0. The fourth-order valence-electron chi connectivity index (χ4n) is 5.16. The number of hydrogen-bond donors (Lipinski definition) is 2. The molecule has 23 heavy (non-hydrogen) atoms. The van der Waals surface area contributed by atoms with Crippen LogP contribution in [0.15, 0.2) is 35.5 Å². The van der Waals surface area contributed by atoms with Crippen LogP contribution >= 0.6 is 0 Å². The van der Waals surface area contributed by atoms with E-state index in [0.29, 0.717) is 18.4 Å². The molecule has 0 aromatic heterocycles. The van der Waals surface area contributed by atoms with Crippen molar-refractivity contribution in [2.24, 2.45) is 23.7 Å². The summed E-state index contributed by atoms with van der Waals surface area (Å²) in [5.41, 5.74) is 3.35. The third-order valence-corrected chi connectivity index (χ3v) is 6.51. The van der Waals surface area contributed by atoms with Crippen molar-refractivity contribution in [1.29, 1.82) is 0 Å². The smallest absolute Gasteiger partial charge is 0.0809 e. The predicted molar refractivity (Wildman–Crippen MR) is 94.9 cm³/mol. The van der Waals surface area contributed by atoms with E-state index >= 15 is 0 Å². The van der Waals surface area contributed by atoms with Gasteiger partial charge in [0.1, 0.15) is 0 Å². The molecule has 3 fully saturated rings. The molecule has 0 aromatic rings. The molecular formula is C21H32O2. The lowest BCUT2D eigenvalue weighted by Gasteiger charge is -2.33. The van der Waals surface area contributed by atoms with Crippen molar-refractivity contribution in [2.45, 2.75) is 71.0 Å². The van der Waals surface area contributed by atoms with Crippen LogP contribution in [-0.2, 0) is 0 Å². The monoisotopic (exact) mass is 316 g/mol. The molecule has 0 heterocycles. The van der Waals surface area contributed by atoms with Crippen LogP contribution in [0.4, 0.5) is 0 Å². The summed E-state index contributed by atoms with van der Waals surface area (Å²) in [6, 6.07) is 0. The van der Waals surface area contributed by atoms with Gasteiger partial charge in [0.05, 0.1) is 12.2 Å². The zero-order valence-corrected chi connectivity index (χ0v) is 14.7. The summed E-state index contributed by atoms with van der Waals surface area (Å²) in [6.07, 6.45) is 11.3. The quantitative estimate of drug-likeness (QED) is 0.742. The summed E-state index contributed by atoms with van der Waals surface area (Å²) in [5.74, 6) is 3.37. The normalized spacial score (nSPS) is 39.9. The highest BCUT2D eigenvalue weighted by atomic mass is 16.3. The largest absolute Gasteiger partial charge is 0.388 e. The lowest BCUT2D eigenvalue weighted by atomic mass is 9.72. The van der Waals surface area contributed by atoms with Crippen LogP contribution in [0.5, 0.6) is 0 Å². The molecule has 5 atom stereocenters. The van der Waals surface area contributed by atoms with Crippen LogP contribution in [0.3, 0.4) is 0 Å². The molecule has 0 saturated heterocycles. The molecule has 128 valence electrons. The minimum absolute atomic E-state index is 0.572. The van der Waals surface area contributed by atoms with E-state index in [1.54, 1.807) is 5.57 Å². The number of rotatable bonds is 2. The Bertz CT molecular complexity index is 498. The molecule has 3 aliphatic carbocycles. The van der Waals surface area contributed by atoms with Crippen molar-refractivity contribution in [1.82, 2.24) is 0 Å². The maximum absolute atomic E-state index is 9.98. The number of allylic oxidation sites excluding steroid dienone is 3. The van der Waals surface area contributed by atoms with E-state index in [9.17, 15) is 10.2 Å². The zero-order chi connectivity index (χ0) is 16.6. The van der Waals surface area contributed by atoms with Crippen LogP contribution in [0, 0.1) is 23.7 Å². The van der Waals surface area contributed by atoms with Crippen LogP contribution in [0.25, 0.3) is 0 Å². The van der Waals surface area contributed by atoms with Gasteiger partial charge in [-0.05, 0) is 74.2 Å². The lowest BCUT2D eigenvalue weighted by molar-refractivity contribution is 0.123. The molecular weight excluding hydrogens is 284 g/mol.